The van der Waals surface area contributed by atoms with E-state index < -0.39 is 0 Å². The molecule has 0 atom stereocenters. The highest BCUT2D eigenvalue weighted by Crippen LogP contribution is 1.93. The molecule has 0 saturated carbocycles. The fourth-order valence-corrected chi connectivity index (χ4v) is 1.72. The number of hydrogen-bond donors (Lipinski definition) is 0. The minimum atomic E-state index is 0.562. The zero-order valence-electron chi connectivity index (χ0n) is 15.3. The molecule has 0 aliphatic rings. The van der Waals surface area contributed by atoms with Crippen LogP contribution in [0.4, 0.5) is 0 Å². The highest BCUT2D eigenvalue weighted by Gasteiger charge is 1.94. The molecule has 24 heavy (non-hydrogen) atoms. The number of rotatable bonds is 21. The molecule has 0 saturated heterocycles. The van der Waals surface area contributed by atoms with Crippen LogP contribution in [0.15, 0.2) is 12.7 Å². The highest BCUT2D eigenvalue weighted by atomic mass is 16.6. The van der Waals surface area contributed by atoms with E-state index in [0.29, 0.717) is 72.7 Å². The van der Waals surface area contributed by atoms with Crippen molar-refractivity contribution in [2.24, 2.45) is 0 Å². The third kappa shape index (κ3) is 21.5. The standard InChI is InChI=1S/C18H36O6/c1-3-5-6-8-20-10-12-22-14-16-24-18-17-23-15-13-21-11-9-19-7-4-2/h4H,2-3,5-18H2,1H3. The van der Waals surface area contributed by atoms with Crippen molar-refractivity contribution >= 4 is 0 Å². The summed E-state index contributed by atoms with van der Waals surface area (Å²) in [6, 6.07) is 0. The van der Waals surface area contributed by atoms with Gasteiger partial charge in [0.25, 0.3) is 0 Å². The van der Waals surface area contributed by atoms with Gasteiger partial charge in [-0.25, -0.2) is 0 Å². The molecule has 0 aromatic carbocycles. The van der Waals surface area contributed by atoms with E-state index in [-0.39, 0.29) is 0 Å². The van der Waals surface area contributed by atoms with E-state index in [9.17, 15) is 0 Å². The summed E-state index contributed by atoms with van der Waals surface area (Å²) < 4.78 is 32.2. The Hall–Kier alpha value is -0.500. The first-order valence-corrected chi connectivity index (χ1v) is 8.99. The molecule has 0 rings (SSSR count). The van der Waals surface area contributed by atoms with Gasteiger partial charge in [-0.1, -0.05) is 25.8 Å². The van der Waals surface area contributed by atoms with Crippen LogP contribution in [-0.4, -0.2) is 79.3 Å². The molecule has 0 spiro atoms. The zero-order chi connectivity index (χ0) is 17.6. The molecule has 0 aliphatic heterocycles. The lowest BCUT2D eigenvalue weighted by molar-refractivity contribution is -0.0158. The fourth-order valence-electron chi connectivity index (χ4n) is 1.72. The molecular weight excluding hydrogens is 312 g/mol. The van der Waals surface area contributed by atoms with Crippen molar-refractivity contribution in [1.82, 2.24) is 0 Å². The Labute approximate surface area is 147 Å². The number of hydrogen-bond acceptors (Lipinski definition) is 6. The van der Waals surface area contributed by atoms with Gasteiger partial charge in [-0.15, -0.1) is 6.58 Å². The van der Waals surface area contributed by atoms with Crippen LogP contribution in [0.25, 0.3) is 0 Å². The van der Waals surface area contributed by atoms with Crippen molar-refractivity contribution in [1.29, 1.82) is 0 Å². The summed E-state index contributed by atoms with van der Waals surface area (Å²) in [4.78, 5) is 0. The maximum absolute atomic E-state index is 5.45. The van der Waals surface area contributed by atoms with E-state index in [2.05, 4.69) is 13.5 Å². The Morgan fingerprint density at radius 2 is 0.917 bits per heavy atom. The lowest BCUT2D eigenvalue weighted by atomic mass is 10.3. The highest BCUT2D eigenvalue weighted by molar-refractivity contribution is 4.63. The summed E-state index contributed by atoms with van der Waals surface area (Å²) in [5.74, 6) is 0. The second-order valence-electron chi connectivity index (χ2n) is 5.13. The van der Waals surface area contributed by atoms with Crippen molar-refractivity contribution in [3.63, 3.8) is 0 Å². The van der Waals surface area contributed by atoms with E-state index in [4.69, 9.17) is 28.4 Å². The molecule has 0 fully saturated rings. The SMILES string of the molecule is C=CCOCCOCCOCCOCCOCCOCCCCC. The second kappa shape index (κ2) is 22.5. The average Bonchev–Trinajstić information content (AvgIpc) is 2.60. The van der Waals surface area contributed by atoms with Gasteiger partial charge in [-0.3, -0.25) is 0 Å². The molecule has 0 radical (unpaired) electrons. The maximum Gasteiger partial charge on any atom is 0.0704 e. The third-order valence-electron chi connectivity index (χ3n) is 2.99. The Balaban J connectivity index is 2.94. The van der Waals surface area contributed by atoms with Crippen molar-refractivity contribution in [3.05, 3.63) is 12.7 Å². The van der Waals surface area contributed by atoms with Crippen LogP contribution in [0.3, 0.4) is 0 Å². The summed E-state index contributed by atoms with van der Waals surface area (Å²) >= 11 is 0. The fraction of sp³-hybridized carbons (Fsp3) is 0.889. The van der Waals surface area contributed by atoms with Crippen molar-refractivity contribution in [2.75, 3.05) is 79.3 Å². The molecule has 0 unspecified atom stereocenters. The molecular formula is C18H36O6. The molecule has 0 N–H and O–H groups in total. The Kier molecular flexibility index (Phi) is 22.0. The molecule has 144 valence electrons. The lowest BCUT2D eigenvalue weighted by Gasteiger charge is -2.08. The van der Waals surface area contributed by atoms with Crippen LogP contribution in [0.2, 0.25) is 0 Å². The predicted molar refractivity (Wildman–Crippen MR) is 94.6 cm³/mol. The second-order valence-corrected chi connectivity index (χ2v) is 5.13. The van der Waals surface area contributed by atoms with Crippen LogP contribution in [-0.2, 0) is 28.4 Å². The Morgan fingerprint density at radius 3 is 1.29 bits per heavy atom. The summed E-state index contributed by atoms with van der Waals surface area (Å²) in [7, 11) is 0. The zero-order valence-corrected chi connectivity index (χ0v) is 15.3. The van der Waals surface area contributed by atoms with Gasteiger partial charge < -0.3 is 28.4 Å². The summed E-state index contributed by atoms with van der Waals surface area (Å²) in [5.41, 5.74) is 0. The largest absolute Gasteiger partial charge is 0.379 e. The van der Waals surface area contributed by atoms with E-state index >= 15 is 0 Å². The normalized spacial score (nSPS) is 11.0. The van der Waals surface area contributed by atoms with Crippen LogP contribution in [0.1, 0.15) is 26.2 Å². The molecule has 0 bridgehead atoms. The average molecular weight is 348 g/mol. The predicted octanol–water partition coefficient (Wildman–Crippen LogP) is 2.46. The third-order valence-corrected chi connectivity index (χ3v) is 2.99. The molecule has 0 amide bonds. The molecule has 6 nitrogen and oxygen atoms in total. The van der Waals surface area contributed by atoms with Gasteiger partial charge in [0, 0.05) is 6.61 Å². The minimum Gasteiger partial charge on any atom is -0.379 e. The lowest BCUT2D eigenvalue weighted by Crippen LogP contribution is -2.14. The smallest absolute Gasteiger partial charge is 0.0704 e. The van der Waals surface area contributed by atoms with Crippen molar-refractivity contribution < 1.29 is 28.4 Å². The van der Waals surface area contributed by atoms with Gasteiger partial charge in [0.15, 0.2) is 0 Å². The van der Waals surface area contributed by atoms with E-state index in [1.165, 1.54) is 12.8 Å². The quantitative estimate of drug-likeness (QED) is 0.235. The van der Waals surface area contributed by atoms with Crippen LogP contribution in [0, 0.1) is 0 Å². The van der Waals surface area contributed by atoms with Gasteiger partial charge in [0.1, 0.15) is 0 Å². The molecule has 0 heterocycles. The van der Waals surface area contributed by atoms with Crippen LogP contribution >= 0.6 is 0 Å². The van der Waals surface area contributed by atoms with E-state index in [1.54, 1.807) is 6.08 Å². The topological polar surface area (TPSA) is 55.4 Å². The van der Waals surface area contributed by atoms with Gasteiger partial charge in [0.05, 0.1) is 72.7 Å². The molecule has 0 aromatic rings. The number of ether oxygens (including phenoxy) is 6. The van der Waals surface area contributed by atoms with E-state index in [1.807, 2.05) is 0 Å². The van der Waals surface area contributed by atoms with Crippen LogP contribution in [0.5, 0.6) is 0 Å². The van der Waals surface area contributed by atoms with Crippen molar-refractivity contribution in [2.45, 2.75) is 26.2 Å². The Bertz CT molecular complexity index is 238. The van der Waals surface area contributed by atoms with Gasteiger partial charge in [-0.05, 0) is 6.42 Å². The first-order valence-electron chi connectivity index (χ1n) is 8.99. The molecule has 6 heteroatoms. The Morgan fingerprint density at radius 1 is 0.542 bits per heavy atom. The first-order chi connectivity index (χ1) is 11.9. The van der Waals surface area contributed by atoms with Gasteiger partial charge in [0.2, 0.25) is 0 Å². The van der Waals surface area contributed by atoms with Crippen molar-refractivity contribution in [3.8, 4) is 0 Å². The summed E-state index contributed by atoms with van der Waals surface area (Å²) in [5, 5.41) is 0. The van der Waals surface area contributed by atoms with E-state index in [0.717, 1.165) is 13.0 Å². The first kappa shape index (κ1) is 23.5. The maximum atomic E-state index is 5.45. The van der Waals surface area contributed by atoms with Gasteiger partial charge >= 0.3 is 0 Å². The monoisotopic (exact) mass is 348 g/mol. The van der Waals surface area contributed by atoms with Crippen LogP contribution < -0.4 is 0 Å². The number of unbranched alkanes of at least 4 members (excludes halogenated alkanes) is 2. The minimum absolute atomic E-state index is 0.562. The molecule has 0 aliphatic carbocycles. The summed E-state index contributed by atoms with van der Waals surface area (Å²) in [6.45, 7) is 13.0. The molecule has 0 aromatic heterocycles. The van der Waals surface area contributed by atoms with Gasteiger partial charge in [-0.2, -0.15) is 0 Å². The summed E-state index contributed by atoms with van der Waals surface area (Å²) in [6.07, 6.45) is 5.30.